The summed E-state index contributed by atoms with van der Waals surface area (Å²) in [5, 5.41) is 11.7. The fourth-order valence-corrected chi connectivity index (χ4v) is 3.71. The van der Waals surface area contributed by atoms with Gasteiger partial charge in [-0.3, -0.25) is 9.36 Å². The first-order valence-corrected chi connectivity index (χ1v) is 10.3. The number of alkyl halides is 3. The molecule has 0 aliphatic rings. The first-order valence-electron chi connectivity index (χ1n) is 8.97. The van der Waals surface area contributed by atoms with Gasteiger partial charge < -0.3 is 5.32 Å². The van der Waals surface area contributed by atoms with E-state index < -0.39 is 11.7 Å². The lowest BCUT2D eigenvalue weighted by atomic mass is 10.1. The Bertz CT molecular complexity index is 1050. The number of amides is 1. The minimum absolute atomic E-state index is 0.0295. The molecule has 3 rings (SSSR count). The highest BCUT2D eigenvalue weighted by Crippen LogP contribution is 2.34. The molecule has 0 unspecified atom stereocenters. The van der Waals surface area contributed by atoms with Gasteiger partial charge in [-0.25, -0.2) is 0 Å². The highest BCUT2D eigenvalue weighted by molar-refractivity contribution is 7.99. The molecule has 0 spiro atoms. The first kappa shape index (κ1) is 22.2. The Morgan fingerprint density at radius 3 is 2.57 bits per heavy atom. The lowest BCUT2D eigenvalue weighted by molar-refractivity contribution is -0.137. The van der Waals surface area contributed by atoms with Gasteiger partial charge in [-0.05, 0) is 44.2 Å². The fraction of sp³-hybridized carbons (Fsp3) is 0.250. The summed E-state index contributed by atoms with van der Waals surface area (Å²) in [7, 11) is 0. The molecule has 1 amide bonds. The third-order valence-corrected chi connectivity index (χ3v) is 5.22. The average molecular weight is 455 g/mol. The average Bonchev–Trinajstić information content (AvgIpc) is 3.09. The fourth-order valence-electron chi connectivity index (χ4n) is 2.73. The third kappa shape index (κ3) is 5.14. The van der Waals surface area contributed by atoms with Gasteiger partial charge in [-0.15, -0.1) is 10.2 Å². The lowest BCUT2D eigenvalue weighted by Crippen LogP contribution is -2.31. The van der Waals surface area contributed by atoms with Gasteiger partial charge in [0.25, 0.3) is 0 Å². The van der Waals surface area contributed by atoms with Gasteiger partial charge in [0.1, 0.15) is 0 Å². The van der Waals surface area contributed by atoms with E-state index in [0.29, 0.717) is 10.6 Å². The minimum Gasteiger partial charge on any atom is -0.353 e. The number of halogens is 4. The van der Waals surface area contributed by atoms with Crippen molar-refractivity contribution in [1.82, 2.24) is 20.1 Å². The SMILES string of the molecule is CC(C)NC(=O)CSc1nnc(-c2ccccc2Cl)n1-c1cccc(C(F)(F)F)c1. The van der Waals surface area contributed by atoms with Crippen LogP contribution >= 0.6 is 23.4 Å². The van der Waals surface area contributed by atoms with E-state index in [1.165, 1.54) is 16.7 Å². The number of hydrogen-bond acceptors (Lipinski definition) is 4. The van der Waals surface area contributed by atoms with Crippen molar-refractivity contribution in [3.63, 3.8) is 0 Å². The van der Waals surface area contributed by atoms with Gasteiger partial charge in [0.2, 0.25) is 5.91 Å². The topological polar surface area (TPSA) is 59.8 Å². The van der Waals surface area contributed by atoms with Crippen LogP contribution in [0.5, 0.6) is 0 Å². The summed E-state index contributed by atoms with van der Waals surface area (Å²) >= 11 is 7.36. The summed E-state index contributed by atoms with van der Waals surface area (Å²) < 4.78 is 41.2. The van der Waals surface area contributed by atoms with Gasteiger partial charge in [0.05, 0.1) is 22.0 Å². The molecule has 158 valence electrons. The second-order valence-corrected chi connectivity index (χ2v) is 8.03. The van der Waals surface area contributed by atoms with Crippen molar-refractivity contribution < 1.29 is 18.0 Å². The van der Waals surface area contributed by atoms with Gasteiger partial charge >= 0.3 is 6.18 Å². The molecule has 0 aliphatic carbocycles. The van der Waals surface area contributed by atoms with Crippen LogP contribution in [-0.2, 0) is 11.0 Å². The van der Waals surface area contributed by atoms with Crippen molar-refractivity contribution in [3.05, 3.63) is 59.1 Å². The lowest BCUT2D eigenvalue weighted by Gasteiger charge is -2.14. The molecule has 5 nitrogen and oxygen atoms in total. The molecule has 0 saturated heterocycles. The number of benzene rings is 2. The number of aromatic nitrogens is 3. The van der Waals surface area contributed by atoms with Crippen molar-refractivity contribution in [2.75, 3.05) is 5.75 Å². The molecule has 1 heterocycles. The van der Waals surface area contributed by atoms with E-state index in [9.17, 15) is 18.0 Å². The van der Waals surface area contributed by atoms with Gasteiger partial charge in [-0.1, -0.05) is 41.6 Å². The molecule has 10 heteroatoms. The number of rotatable bonds is 6. The summed E-state index contributed by atoms with van der Waals surface area (Å²) in [6.07, 6.45) is -4.50. The second-order valence-electron chi connectivity index (χ2n) is 6.68. The predicted octanol–water partition coefficient (Wildman–Crippen LogP) is 5.22. The second kappa shape index (κ2) is 9.09. The van der Waals surface area contributed by atoms with Crippen LogP contribution in [0.3, 0.4) is 0 Å². The summed E-state index contributed by atoms with van der Waals surface area (Å²) in [6.45, 7) is 3.67. The molecule has 0 radical (unpaired) electrons. The smallest absolute Gasteiger partial charge is 0.353 e. The summed E-state index contributed by atoms with van der Waals surface area (Å²) in [5.41, 5.74) is -0.0635. The number of nitrogens with one attached hydrogen (secondary N) is 1. The molecule has 0 fully saturated rings. The van der Waals surface area contributed by atoms with E-state index in [0.717, 1.165) is 23.9 Å². The highest BCUT2D eigenvalue weighted by atomic mass is 35.5. The van der Waals surface area contributed by atoms with E-state index in [-0.39, 0.29) is 34.4 Å². The minimum atomic E-state index is -4.50. The van der Waals surface area contributed by atoms with Gasteiger partial charge in [-0.2, -0.15) is 13.2 Å². The van der Waals surface area contributed by atoms with Crippen molar-refractivity contribution in [1.29, 1.82) is 0 Å². The highest BCUT2D eigenvalue weighted by Gasteiger charge is 2.31. The Balaban J connectivity index is 2.07. The van der Waals surface area contributed by atoms with Crippen LogP contribution < -0.4 is 5.32 Å². The van der Waals surface area contributed by atoms with Crippen molar-refractivity contribution in [2.24, 2.45) is 0 Å². The molecule has 3 aromatic rings. The Morgan fingerprint density at radius 2 is 1.90 bits per heavy atom. The number of carbonyl (C=O) groups is 1. The maximum Gasteiger partial charge on any atom is 0.416 e. The van der Waals surface area contributed by atoms with Crippen molar-refractivity contribution >= 4 is 29.3 Å². The van der Waals surface area contributed by atoms with Crippen molar-refractivity contribution in [2.45, 2.75) is 31.2 Å². The molecule has 1 aromatic heterocycles. The largest absolute Gasteiger partial charge is 0.416 e. The molecule has 0 atom stereocenters. The van der Waals surface area contributed by atoms with Crippen LogP contribution in [0.25, 0.3) is 17.1 Å². The van der Waals surface area contributed by atoms with Crippen LogP contribution in [0, 0.1) is 0 Å². The normalized spacial score (nSPS) is 11.7. The van der Waals surface area contributed by atoms with Gasteiger partial charge in [0, 0.05) is 11.6 Å². The molecular formula is C20H18ClF3N4OS. The Hall–Kier alpha value is -2.52. The molecule has 1 N–H and O–H groups in total. The van der Waals surface area contributed by atoms with E-state index in [4.69, 9.17) is 11.6 Å². The van der Waals surface area contributed by atoms with Crippen LogP contribution in [0.1, 0.15) is 19.4 Å². The maximum absolute atomic E-state index is 13.3. The zero-order valence-electron chi connectivity index (χ0n) is 16.1. The van der Waals surface area contributed by atoms with Crippen molar-refractivity contribution in [3.8, 4) is 17.1 Å². The first-order chi connectivity index (χ1) is 14.2. The van der Waals surface area contributed by atoms with Crippen LogP contribution in [-0.4, -0.2) is 32.5 Å². The third-order valence-electron chi connectivity index (χ3n) is 3.96. The maximum atomic E-state index is 13.3. The van der Waals surface area contributed by atoms with Crippen LogP contribution in [0.4, 0.5) is 13.2 Å². The van der Waals surface area contributed by atoms with Crippen LogP contribution in [0.15, 0.2) is 53.7 Å². The van der Waals surface area contributed by atoms with Gasteiger partial charge in [0.15, 0.2) is 11.0 Å². The van der Waals surface area contributed by atoms with E-state index in [2.05, 4.69) is 15.5 Å². The van der Waals surface area contributed by atoms with E-state index >= 15 is 0 Å². The molecule has 0 saturated carbocycles. The molecule has 0 aliphatic heterocycles. The Kier molecular flexibility index (Phi) is 6.72. The zero-order valence-corrected chi connectivity index (χ0v) is 17.6. The molecule has 2 aromatic carbocycles. The quantitative estimate of drug-likeness (QED) is 0.518. The summed E-state index contributed by atoms with van der Waals surface area (Å²) in [5.74, 6) is 0.109. The number of thioether (sulfide) groups is 1. The summed E-state index contributed by atoms with van der Waals surface area (Å²) in [6, 6.07) is 11.7. The number of carbonyl (C=O) groups excluding carboxylic acids is 1. The molecule has 0 bridgehead atoms. The number of hydrogen-bond donors (Lipinski definition) is 1. The zero-order chi connectivity index (χ0) is 21.9. The summed E-state index contributed by atoms with van der Waals surface area (Å²) in [4.78, 5) is 12.0. The van der Waals surface area contributed by atoms with Crippen LogP contribution in [0.2, 0.25) is 5.02 Å². The Morgan fingerprint density at radius 1 is 1.17 bits per heavy atom. The Labute approximate surface area is 180 Å². The molecular weight excluding hydrogens is 437 g/mol. The van der Waals surface area contributed by atoms with E-state index in [1.54, 1.807) is 24.3 Å². The molecule has 30 heavy (non-hydrogen) atoms. The standard InChI is InChI=1S/C20H18ClF3N4OS/c1-12(2)25-17(29)11-30-19-27-26-18(15-8-3-4-9-16(15)21)28(19)14-7-5-6-13(10-14)20(22,23)24/h3-10,12H,11H2,1-2H3,(H,25,29). The monoisotopic (exact) mass is 454 g/mol. The number of nitrogens with zero attached hydrogens (tertiary/aromatic N) is 3. The predicted molar refractivity (Wildman–Crippen MR) is 111 cm³/mol. The van der Waals surface area contributed by atoms with E-state index in [1.807, 2.05) is 13.8 Å².